The van der Waals surface area contributed by atoms with Crippen LogP contribution in [0.15, 0.2) is 17.0 Å². The van der Waals surface area contributed by atoms with Crippen molar-refractivity contribution in [3.63, 3.8) is 0 Å². The van der Waals surface area contributed by atoms with Gasteiger partial charge in [-0.3, -0.25) is 14.9 Å². The van der Waals surface area contributed by atoms with E-state index in [2.05, 4.69) is 0 Å². The van der Waals surface area contributed by atoms with Crippen LogP contribution in [0.3, 0.4) is 0 Å². The fraction of sp³-hybridized carbons (Fsp3) is 0.417. The number of thioether (sulfide) groups is 1. The maximum Gasteiger partial charge on any atom is 0.311 e. The SMILES string of the molecule is C.CC(=O)N1CCSc2cc([N+](=O)[O-])c(O)cc2C1. The first-order chi connectivity index (χ1) is 8.49. The van der Waals surface area contributed by atoms with E-state index < -0.39 is 4.92 Å². The average molecular weight is 284 g/mol. The van der Waals surface area contributed by atoms with Crippen molar-refractivity contribution < 1.29 is 14.8 Å². The van der Waals surface area contributed by atoms with Gasteiger partial charge < -0.3 is 10.0 Å². The molecule has 7 heteroatoms. The molecule has 0 aromatic heterocycles. The second kappa shape index (κ2) is 5.92. The first-order valence-corrected chi connectivity index (χ1v) is 6.36. The number of phenolic OH excluding ortho intramolecular Hbond substituents is 1. The van der Waals surface area contributed by atoms with E-state index in [-0.39, 0.29) is 24.8 Å². The topological polar surface area (TPSA) is 83.7 Å². The monoisotopic (exact) mass is 284 g/mol. The molecule has 1 aliphatic heterocycles. The van der Waals surface area contributed by atoms with Gasteiger partial charge in [0.15, 0.2) is 5.75 Å². The zero-order valence-electron chi connectivity index (χ0n) is 9.75. The van der Waals surface area contributed by atoms with Crippen molar-refractivity contribution in [3.05, 3.63) is 27.8 Å². The van der Waals surface area contributed by atoms with Crippen molar-refractivity contribution in [3.8, 4) is 5.75 Å². The number of rotatable bonds is 1. The summed E-state index contributed by atoms with van der Waals surface area (Å²) in [5.74, 6) is 0.292. The van der Waals surface area contributed by atoms with Crippen molar-refractivity contribution in [2.75, 3.05) is 12.3 Å². The third kappa shape index (κ3) is 3.17. The van der Waals surface area contributed by atoms with Crippen LogP contribution < -0.4 is 0 Å². The Labute approximate surface area is 115 Å². The Morgan fingerprint density at radius 1 is 1.53 bits per heavy atom. The van der Waals surface area contributed by atoms with Crippen LogP contribution in [0.1, 0.15) is 19.9 Å². The fourth-order valence-electron chi connectivity index (χ4n) is 1.82. The number of carbonyl (C=O) groups is 1. The lowest BCUT2D eigenvalue weighted by Crippen LogP contribution is -2.29. The predicted octanol–water partition coefficient (Wildman–Crippen LogP) is 2.39. The highest BCUT2D eigenvalue weighted by molar-refractivity contribution is 7.99. The summed E-state index contributed by atoms with van der Waals surface area (Å²) in [5.41, 5.74) is 0.452. The molecule has 0 unspecified atom stereocenters. The maximum absolute atomic E-state index is 11.4. The lowest BCUT2D eigenvalue weighted by atomic mass is 10.1. The Hall–Kier alpha value is -1.76. The molecule has 0 atom stereocenters. The zero-order valence-corrected chi connectivity index (χ0v) is 10.6. The summed E-state index contributed by atoms with van der Waals surface area (Å²) in [4.78, 5) is 23.9. The quantitative estimate of drug-likeness (QED) is 0.632. The molecule has 1 N–H and O–H groups in total. The Bertz CT molecular complexity index is 519. The van der Waals surface area contributed by atoms with Crippen LogP contribution in [0.5, 0.6) is 5.75 Å². The molecule has 0 spiro atoms. The first kappa shape index (κ1) is 15.3. The highest BCUT2D eigenvalue weighted by Crippen LogP contribution is 2.36. The van der Waals surface area contributed by atoms with Crippen molar-refractivity contribution in [1.82, 2.24) is 4.90 Å². The molecule has 1 amide bonds. The Balaban J connectivity index is 0.00000180. The van der Waals surface area contributed by atoms with Crippen molar-refractivity contribution in [1.29, 1.82) is 0 Å². The average Bonchev–Trinajstić information content (AvgIpc) is 2.49. The van der Waals surface area contributed by atoms with Crippen LogP contribution in [0.4, 0.5) is 5.69 Å². The van der Waals surface area contributed by atoms with E-state index in [4.69, 9.17) is 0 Å². The summed E-state index contributed by atoms with van der Waals surface area (Å²) in [6.45, 7) is 2.47. The maximum atomic E-state index is 11.4. The molecular weight excluding hydrogens is 268 g/mol. The summed E-state index contributed by atoms with van der Waals surface area (Å²) < 4.78 is 0. The molecule has 1 aliphatic rings. The molecule has 1 aromatic rings. The van der Waals surface area contributed by atoms with Gasteiger partial charge in [0.05, 0.1) is 4.92 Å². The number of nitrogens with zero attached hydrogens (tertiary/aromatic N) is 2. The number of hydrogen-bond donors (Lipinski definition) is 1. The van der Waals surface area contributed by atoms with Crippen molar-refractivity contribution in [2.45, 2.75) is 25.8 Å². The molecule has 104 valence electrons. The summed E-state index contributed by atoms with van der Waals surface area (Å²) in [6, 6.07) is 2.75. The van der Waals surface area contributed by atoms with Crippen LogP contribution in [-0.4, -0.2) is 33.1 Å². The molecule has 1 heterocycles. The minimum absolute atomic E-state index is 0. The number of hydrogen-bond acceptors (Lipinski definition) is 5. The summed E-state index contributed by atoms with van der Waals surface area (Å²) in [6.07, 6.45) is 0. The predicted molar refractivity (Wildman–Crippen MR) is 73.3 cm³/mol. The first-order valence-electron chi connectivity index (χ1n) is 5.37. The molecule has 2 rings (SSSR count). The summed E-state index contributed by atoms with van der Waals surface area (Å²) in [7, 11) is 0. The lowest BCUT2D eigenvalue weighted by molar-refractivity contribution is -0.386. The number of phenols is 1. The van der Waals surface area contributed by atoms with Gasteiger partial charge in [-0.25, -0.2) is 0 Å². The summed E-state index contributed by atoms with van der Waals surface area (Å²) in [5, 5.41) is 20.3. The van der Waals surface area contributed by atoms with Crippen LogP contribution >= 0.6 is 11.8 Å². The number of fused-ring (bicyclic) bond motifs is 1. The van der Waals surface area contributed by atoms with E-state index in [1.807, 2.05) is 0 Å². The van der Waals surface area contributed by atoms with E-state index in [0.29, 0.717) is 18.8 Å². The number of aromatic hydroxyl groups is 1. The van der Waals surface area contributed by atoms with E-state index in [1.54, 1.807) is 4.90 Å². The van der Waals surface area contributed by atoms with Crippen LogP contribution in [0.2, 0.25) is 0 Å². The second-order valence-corrected chi connectivity index (χ2v) is 5.13. The molecular formula is C12H16N2O4S. The van der Waals surface area contributed by atoms with Gasteiger partial charge in [0.25, 0.3) is 0 Å². The molecule has 0 aliphatic carbocycles. The number of benzene rings is 1. The highest BCUT2D eigenvalue weighted by atomic mass is 32.2. The lowest BCUT2D eigenvalue weighted by Gasteiger charge is -2.18. The molecule has 1 aromatic carbocycles. The van der Waals surface area contributed by atoms with Gasteiger partial charge in [0, 0.05) is 36.7 Å². The molecule has 0 saturated heterocycles. The van der Waals surface area contributed by atoms with E-state index in [9.17, 15) is 20.0 Å². The van der Waals surface area contributed by atoms with E-state index in [1.165, 1.54) is 30.8 Å². The molecule has 0 bridgehead atoms. The number of nitro benzene ring substituents is 1. The smallest absolute Gasteiger partial charge is 0.311 e. The third-order valence-corrected chi connectivity index (χ3v) is 3.86. The van der Waals surface area contributed by atoms with Crippen LogP contribution in [0.25, 0.3) is 0 Å². The third-order valence-electron chi connectivity index (χ3n) is 2.78. The molecule has 0 fully saturated rings. The molecule has 0 saturated carbocycles. The molecule has 19 heavy (non-hydrogen) atoms. The van der Waals surface area contributed by atoms with Gasteiger partial charge in [0.2, 0.25) is 5.91 Å². The Kier molecular flexibility index (Phi) is 4.77. The van der Waals surface area contributed by atoms with E-state index >= 15 is 0 Å². The Morgan fingerprint density at radius 3 is 2.79 bits per heavy atom. The standard InChI is InChI=1S/C11H12N2O4S.CH4/c1-7(14)12-2-3-18-11-5-9(13(16)17)10(15)4-8(11)6-12;/h4-5,15H,2-3,6H2,1H3;1H4. The highest BCUT2D eigenvalue weighted by Gasteiger charge is 2.22. The molecule has 6 nitrogen and oxygen atoms in total. The van der Waals surface area contributed by atoms with Gasteiger partial charge >= 0.3 is 5.69 Å². The Morgan fingerprint density at radius 2 is 2.21 bits per heavy atom. The second-order valence-electron chi connectivity index (χ2n) is 3.99. The van der Waals surface area contributed by atoms with E-state index in [0.717, 1.165) is 10.5 Å². The number of carbonyl (C=O) groups excluding carboxylic acids is 1. The largest absolute Gasteiger partial charge is 0.502 e. The normalized spacial score (nSPS) is 14.1. The van der Waals surface area contributed by atoms with Crippen LogP contribution in [0, 0.1) is 10.1 Å². The van der Waals surface area contributed by atoms with Gasteiger partial charge in [-0.1, -0.05) is 7.43 Å². The molecule has 0 radical (unpaired) electrons. The van der Waals surface area contributed by atoms with Crippen molar-refractivity contribution in [2.24, 2.45) is 0 Å². The minimum Gasteiger partial charge on any atom is -0.502 e. The van der Waals surface area contributed by atoms with Gasteiger partial charge in [-0.15, -0.1) is 11.8 Å². The number of nitro groups is 1. The number of amides is 1. The summed E-state index contributed by atoms with van der Waals surface area (Å²) >= 11 is 1.46. The van der Waals surface area contributed by atoms with Crippen molar-refractivity contribution >= 4 is 23.4 Å². The fourth-order valence-corrected chi connectivity index (χ4v) is 2.86. The van der Waals surface area contributed by atoms with Crippen LogP contribution in [-0.2, 0) is 11.3 Å². The zero-order chi connectivity index (χ0) is 13.3. The van der Waals surface area contributed by atoms with Gasteiger partial charge in [-0.05, 0) is 11.6 Å². The minimum atomic E-state index is -0.607. The van der Waals surface area contributed by atoms with Gasteiger partial charge in [0.1, 0.15) is 0 Å². The van der Waals surface area contributed by atoms with Gasteiger partial charge in [-0.2, -0.15) is 0 Å².